The molecule has 0 saturated carbocycles. The van der Waals surface area contributed by atoms with Crippen molar-refractivity contribution in [1.29, 1.82) is 0 Å². The Hall–Kier alpha value is -3.17. The van der Waals surface area contributed by atoms with Crippen LogP contribution >= 0.6 is 11.3 Å². The van der Waals surface area contributed by atoms with Crippen molar-refractivity contribution in [3.8, 4) is 21.8 Å². The maximum Gasteiger partial charge on any atom is 0.262 e. The van der Waals surface area contributed by atoms with Crippen LogP contribution in [0.4, 0.5) is 18.9 Å². The number of thiazole rings is 1. The summed E-state index contributed by atoms with van der Waals surface area (Å²) < 4.78 is 68.6. The molecule has 0 aliphatic heterocycles. The summed E-state index contributed by atoms with van der Waals surface area (Å²) in [5, 5.41) is 2.12. The van der Waals surface area contributed by atoms with E-state index < -0.39 is 32.4 Å². The molecular weight excluding hydrogens is 433 g/mol. The van der Waals surface area contributed by atoms with Gasteiger partial charge in [0.1, 0.15) is 22.5 Å². The predicted octanol–water partition coefficient (Wildman–Crippen LogP) is 5.70. The van der Waals surface area contributed by atoms with Crippen molar-refractivity contribution in [1.82, 2.24) is 4.98 Å². The Balaban J connectivity index is 1.71. The lowest BCUT2D eigenvalue weighted by atomic mass is 10.1. The van der Waals surface area contributed by atoms with Gasteiger partial charge in [0, 0.05) is 22.6 Å². The second kappa shape index (κ2) is 7.92. The zero-order chi connectivity index (χ0) is 21.3. The average molecular weight is 446 g/mol. The van der Waals surface area contributed by atoms with Gasteiger partial charge in [-0.15, -0.1) is 11.3 Å². The Kier molecular flexibility index (Phi) is 5.31. The zero-order valence-electron chi connectivity index (χ0n) is 15.1. The fraction of sp³-hybridized carbons (Fsp3) is 0. The van der Waals surface area contributed by atoms with Crippen LogP contribution in [-0.2, 0) is 10.0 Å². The van der Waals surface area contributed by atoms with Crippen LogP contribution in [0.25, 0.3) is 21.8 Å². The van der Waals surface area contributed by atoms with Gasteiger partial charge in [-0.2, -0.15) is 0 Å². The predicted molar refractivity (Wildman–Crippen MR) is 110 cm³/mol. The smallest absolute Gasteiger partial charge is 0.262 e. The monoisotopic (exact) mass is 446 g/mol. The molecule has 3 aromatic carbocycles. The van der Waals surface area contributed by atoms with Gasteiger partial charge in [0.25, 0.3) is 10.0 Å². The van der Waals surface area contributed by atoms with Crippen LogP contribution in [0.2, 0.25) is 0 Å². The van der Waals surface area contributed by atoms with Gasteiger partial charge >= 0.3 is 0 Å². The van der Waals surface area contributed by atoms with E-state index in [-0.39, 0.29) is 5.69 Å². The van der Waals surface area contributed by atoms with Crippen molar-refractivity contribution in [2.45, 2.75) is 4.90 Å². The number of aromatic nitrogens is 1. The summed E-state index contributed by atoms with van der Waals surface area (Å²) in [4.78, 5) is 3.89. The van der Waals surface area contributed by atoms with Gasteiger partial charge in [-0.1, -0.05) is 30.3 Å². The number of nitrogens with zero attached hydrogens (tertiary/aromatic N) is 1. The van der Waals surface area contributed by atoms with E-state index in [1.54, 1.807) is 41.8 Å². The summed E-state index contributed by atoms with van der Waals surface area (Å²) in [6.45, 7) is 0. The number of benzene rings is 3. The lowest BCUT2D eigenvalue weighted by molar-refractivity contribution is 0.568. The highest BCUT2D eigenvalue weighted by Gasteiger charge is 2.20. The maximum atomic E-state index is 14.1. The van der Waals surface area contributed by atoms with E-state index in [9.17, 15) is 21.6 Å². The standard InChI is InChI=1S/C21H13F3N2O2S2/c22-13-9-14(23)11-15(10-13)30(27,28)26-19-8-4-2-6-17(19)20-12-29-21(25-20)16-5-1-3-7-18(16)24/h1-12,26H. The molecule has 9 heteroatoms. The van der Waals surface area contributed by atoms with Crippen molar-refractivity contribution in [3.63, 3.8) is 0 Å². The molecule has 1 aromatic heterocycles. The normalized spacial score (nSPS) is 11.4. The second-order valence-corrected chi connectivity index (χ2v) is 8.81. The molecule has 152 valence electrons. The van der Waals surface area contributed by atoms with Gasteiger partial charge in [-0.3, -0.25) is 4.72 Å². The summed E-state index contributed by atoms with van der Waals surface area (Å²) in [7, 11) is -4.26. The molecule has 4 rings (SSSR count). The Labute approximate surface area is 174 Å². The molecule has 4 aromatic rings. The third-order valence-corrected chi connectivity index (χ3v) is 6.42. The van der Waals surface area contributed by atoms with Crippen molar-refractivity contribution < 1.29 is 21.6 Å². The molecule has 0 saturated heterocycles. The Morgan fingerprint density at radius 3 is 2.17 bits per heavy atom. The number of anilines is 1. The van der Waals surface area contributed by atoms with E-state index in [1.165, 1.54) is 23.5 Å². The number of para-hydroxylation sites is 1. The van der Waals surface area contributed by atoms with Gasteiger partial charge < -0.3 is 0 Å². The molecule has 0 spiro atoms. The highest BCUT2D eigenvalue weighted by molar-refractivity contribution is 7.92. The highest BCUT2D eigenvalue weighted by atomic mass is 32.2. The summed E-state index contributed by atoms with van der Waals surface area (Å²) >= 11 is 1.21. The summed E-state index contributed by atoms with van der Waals surface area (Å²) in [5.41, 5.74) is 1.38. The molecule has 0 radical (unpaired) electrons. The van der Waals surface area contributed by atoms with E-state index in [1.807, 2.05) is 0 Å². The minimum absolute atomic E-state index is 0.174. The first-order valence-corrected chi connectivity index (χ1v) is 11.0. The fourth-order valence-corrected chi connectivity index (χ4v) is 4.81. The lowest BCUT2D eigenvalue weighted by Gasteiger charge is -2.12. The van der Waals surface area contributed by atoms with Crippen LogP contribution in [0.15, 0.2) is 77.0 Å². The van der Waals surface area contributed by atoms with E-state index >= 15 is 0 Å². The van der Waals surface area contributed by atoms with Crippen molar-refractivity contribution >= 4 is 27.0 Å². The summed E-state index contributed by atoms with van der Waals surface area (Å²) in [6.07, 6.45) is 0. The van der Waals surface area contributed by atoms with Crippen LogP contribution in [0.1, 0.15) is 0 Å². The molecule has 0 unspecified atom stereocenters. The molecule has 0 atom stereocenters. The maximum absolute atomic E-state index is 14.1. The Bertz CT molecular complexity index is 1320. The fourth-order valence-electron chi connectivity index (χ4n) is 2.84. The zero-order valence-corrected chi connectivity index (χ0v) is 16.8. The average Bonchev–Trinajstić information content (AvgIpc) is 3.17. The number of hydrogen-bond donors (Lipinski definition) is 1. The number of hydrogen-bond acceptors (Lipinski definition) is 4. The second-order valence-electron chi connectivity index (χ2n) is 6.27. The molecule has 4 nitrogen and oxygen atoms in total. The topological polar surface area (TPSA) is 59.1 Å². The number of halogens is 3. The lowest BCUT2D eigenvalue weighted by Crippen LogP contribution is -2.14. The van der Waals surface area contributed by atoms with Crippen LogP contribution in [-0.4, -0.2) is 13.4 Å². The molecule has 0 fully saturated rings. The molecule has 0 bridgehead atoms. The number of nitrogens with one attached hydrogen (secondary N) is 1. The van der Waals surface area contributed by atoms with Gasteiger partial charge in [0.05, 0.1) is 16.3 Å². The molecule has 1 heterocycles. The van der Waals surface area contributed by atoms with E-state index in [0.29, 0.717) is 27.9 Å². The minimum atomic E-state index is -4.26. The quantitative estimate of drug-likeness (QED) is 0.428. The Morgan fingerprint density at radius 1 is 0.833 bits per heavy atom. The molecule has 0 amide bonds. The first-order valence-electron chi connectivity index (χ1n) is 8.62. The third kappa shape index (κ3) is 4.07. The molecule has 0 aliphatic rings. The molecule has 0 aliphatic carbocycles. The molecule has 1 N–H and O–H groups in total. The third-order valence-electron chi connectivity index (χ3n) is 4.20. The summed E-state index contributed by atoms with van der Waals surface area (Å²) in [5.74, 6) is -2.42. The summed E-state index contributed by atoms with van der Waals surface area (Å²) in [6, 6.07) is 14.7. The minimum Gasteiger partial charge on any atom is -0.279 e. The SMILES string of the molecule is O=S(=O)(Nc1ccccc1-c1csc(-c2ccccc2F)n1)c1cc(F)cc(F)c1. The largest absolute Gasteiger partial charge is 0.279 e. The van der Waals surface area contributed by atoms with E-state index in [0.717, 1.165) is 12.1 Å². The molecule has 30 heavy (non-hydrogen) atoms. The highest BCUT2D eigenvalue weighted by Crippen LogP contribution is 2.34. The van der Waals surface area contributed by atoms with E-state index in [2.05, 4.69) is 9.71 Å². The first-order chi connectivity index (χ1) is 14.3. The van der Waals surface area contributed by atoms with Crippen LogP contribution in [0.5, 0.6) is 0 Å². The van der Waals surface area contributed by atoms with Crippen molar-refractivity contribution in [2.24, 2.45) is 0 Å². The van der Waals surface area contributed by atoms with E-state index in [4.69, 9.17) is 0 Å². The van der Waals surface area contributed by atoms with Gasteiger partial charge in [0.15, 0.2) is 0 Å². The molecular formula is C21H13F3N2O2S2. The van der Waals surface area contributed by atoms with Gasteiger partial charge in [-0.25, -0.2) is 26.6 Å². The van der Waals surface area contributed by atoms with Gasteiger partial charge in [0.2, 0.25) is 0 Å². The van der Waals surface area contributed by atoms with Gasteiger partial charge in [-0.05, 0) is 30.3 Å². The number of rotatable bonds is 5. The van der Waals surface area contributed by atoms with Crippen LogP contribution in [0.3, 0.4) is 0 Å². The number of sulfonamides is 1. The Morgan fingerprint density at radius 2 is 1.47 bits per heavy atom. The van der Waals surface area contributed by atoms with Crippen molar-refractivity contribution in [3.05, 3.63) is 89.6 Å². The first kappa shape index (κ1) is 20.1. The van der Waals surface area contributed by atoms with Crippen LogP contribution < -0.4 is 4.72 Å². The van der Waals surface area contributed by atoms with Crippen molar-refractivity contribution in [2.75, 3.05) is 4.72 Å². The van der Waals surface area contributed by atoms with Crippen LogP contribution in [0, 0.1) is 17.5 Å².